The number of nitrogens with zero attached hydrogens (tertiary/aromatic N) is 8. The molecule has 0 saturated heterocycles. The van der Waals surface area contributed by atoms with Crippen LogP contribution in [0.25, 0.3) is 28.2 Å². The highest BCUT2D eigenvalue weighted by atomic mass is 35.5. The highest BCUT2D eigenvalue weighted by Crippen LogP contribution is 2.35. The molecule has 0 unspecified atom stereocenters. The Hall–Kier alpha value is -4.49. The summed E-state index contributed by atoms with van der Waals surface area (Å²) in [5.41, 5.74) is 2.52. The number of hydrogen-bond acceptors (Lipinski definition) is 7. The summed E-state index contributed by atoms with van der Waals surface area (Å²) in [4.78, 5) is 35.4. The third-order valence-electron chi connectivity index (χ3n) is 7.59. The first kappa shape index (κ1) is 29.6. The minimum Gasteiger partial charge on any atom is -0.323 e. The van der Waals surface area contributed by atoms with E-state index in [1.807, 2.05) is 0 Å². The maximum absolute atomic E-state index is 13.9. The van der Waals surface area contributed by atoms with Crippen LogP contribution in [0, 0.1) is 5.92 Å². The fraction of sp³-hybridized carbons (Fsp3) is 0.276. The lowest BCUT2D eigenvalue weighted by Gasteiger charge is -2.21. The summed E-state index contributed by atoms with van der Waals surface area (Å²) in [6.45, 7) is -0.904. The molecule has 226 valence electrons. The van der Waals surface area contributed by atoms with Crippen LogP contribution >= 0.6 is 23.2 Å². The molecule has 1 aliphatic heterocycles. The first-order valence-electron chi connectivity index (χ1n) is 13.8. The number of rotatable bonds is 5. The van der Waals surface area contributed by atoms with Gasteiger partial charge < -0.3 is 5.32 Å². The minimum atomic E-state index is -2.92. The van der Waals surface area contributed by atoms with Crippen molar-refractivity contribution in [1.29, 1.82) is 0 Å². The van der Waals surface area contributed by atoms with Gasteiger partial charge >= 0.3 is 6.55 Å². The van der Waals surface area contributed by atoms with Crippen LogP contribution in [0.1, 0.15) is 44.3 Å². The molecule has 5 aromatic rings. The highest BCUT2D eigenvalue weighted by molar-refractivity contribution is 6.31. The number of carbonyl (C=O) groups is 1. The van der Waals surface area contributed by atoms with Crippen molar-refractivity contribution in [2.24, 2.45) is 5.92 Å². The Bertz CT molecular complexity index is 1910. The van der Waals surface area contributed by atoms with E-state index in [2.05, 4.69) is 30.7 Å². The van der Waals surface area contributed by atoms with Crippen molar-refractivity contribution >= 4 is 34.8 Å². The van der Waals surface area contributed by atoms with Crippen molar-refractivity contribution in [1.82, 2.24) is 39.3 Å². The van der Waals surface area contributed by atoms with E-state index in [1.165, 1.54) is 40.2 Å². The predicted octanol–water partition coefficient (Wildman–Crippen LogP) is 5.99. The second-order valence-electron chi connectivity index (χ2n) is 10.5. The molecule has 0 radical (unpaired) electrons. The number of fused-ring (bicyclic) bond motifs is 4. The maximum atomic E-state index is 13.9. The third-order valence-corrected chi connectivity index (χ3v) is 8.00. The molecule has 0 spiro atoms. The van der Waals surface area contributed by atoms with Crippen molar-refractivity contribution in [3.8, 4) is 28.2 Å². The average molecular weight is 640 g/mol. The summed E-state index contributed by atoms with van der Waals surface area (Å²) in [7, 11) is 0. The first-order valence-corrected chi connectivity index (χ1v) is 14.5. The van der Waals surface area contributed by atoms with E-state index in [9.17, 15) is 18.4 Å². The molecular weight excluding hydrogens is 615 g/mol. The van der Waals surface area contributed by atoms with Gasteiger partial charge in [-0.05, 0) is 43.2 Å². The Morgan fingerprint density at radius 1 is 1.09 bits per heavy atom. The Labute approximate surface area is 259 Å². The van der Waals surface area contributed by atoms with Crippen LogP contribution in [0.3, 0.4) is 0 Å². The lowest BCUT2D eigenvalue weighted by molar-refractivity contribution is -0.119. The SMILES string of the molecule is C[C@@H]1CCC[C@H](Cn2cnc(-c3cc(Cl)ccc3-n3cc(Cl)nn3)cc2=O)c2cc(ccn2)-c2c(cnn2C(F)F)NC1=O. The van der Waals surface area contributed by atoms with Crippen molar-refractivity contribution in [2.75, 3.05) is 5.32 Å². The summed E-state index contributed by atoms with van der Waals surface area (Å²) >= 11 is 12.2. The molecule has 1 amide bonds. The number of pyridine rings is 1. The van der Waals surface area contributed by atoms with Gasteiger partial charge in [-0.2, -0.15) is 13.9 Å². The smallest absolute Gasteiger partial charge is 0.323 e. The second kappa shape index (κ2) is 12.2. The topological polar surface area (TPSA) is 125 Å². The van der Waals surface area contributed by atoms with Gasteiger partial charge in [0.05, 0.1) is 41.5 Å². The fourth-order valence-corrected chi connectivity index (χ4v) is 5.62. The van der Waals surface area contributed by atoms with Crippen molar-refractivity contribution in [3.05, 3.63) is 87.5 Å². The lowest BCUT2D eigenvalue weighted by Crippen LogP contribution is -2.25. The number of halogens is 4. The van der Waals surface area contributed by atoms with Crippen LogP contribution in [0.4, 0.5) is 14.5 Å². The van der Waals surface area contributed by atoms with Gasteiger partial charge in [0.15, 0.2) is 5.15 Å². The molecule has 15 heteroatoms. The van der Waals surface area contributed by atoms with Gasteiger partial charge in [-0.15, -0.1) is 5.10 Å². The molecule has 5 heterocycles. The zero-order valence-corrected chi connectivity index (χ0v) is 24.8. The Morgan fingerprint density at radius 2 is 1.93 bits per heavy atom. The van der Waals surface area contributed by atoms with Gasteiger partial charge in [0.25, 0.3) is 5.56 Å². The lowest BCUT2D eigenvalue weighted by atomic mass is 9.92. The molecule has 1 aromatic carbocycles. The Balaban J connectivity index is 1.36. The monoisotopic (exact) mass is 639 g/mol. The number of amides is 1. The zero-order chi connectivity index (χ0) is 31.0. The van der Waals surface area contributed by atoms with Crippen molar-refractivity contribution in [3.63, 3.8) is 0 Å². The van der Waals surface area contributed by atoms with Crippen LogP contribution in [-0.4, -0.2) is 45.2 Å². The summed E-state index contributed by atoms with van der Waals surface area (Å²) < 4.78 is 31.3. The molecule has 0 fully saturated rings. The van der Waals surface area contributed by atoms with Crippen LogP contribution in [-0.2, 0) is 11.3 Å². The molecule has 6 rings (SSSR count). The van der Waals surface area contributed by atoms with E-state index in [0.29, 0.717) is 57.2 Å². The Kier molecular flexibility index (Phi) is 8.23. The number of alkyl halides is 2. The molecule has 4 aromatic heterocycles. The van der Waals surface area contributed by atoms with Crippen LogP contribution in [0.2, 0.25) is 10.2 Å². The maximum Gasteiger partial charge on any atom is 0.333 e. The van der Waals surface area contributed by atoms with E-state index >= 15 is 0 Å². The van der Waals surface area contributed by atoms with Gasteiger partial charge in [0, 0.05) is 52.5 Å². The van der Waals surface area contributed by atoms with E-state index in [0.717, 1.165) is 0 Å². The number of aromatic nitrogens is 8. The molecule has 2 bridgehead atoms. The molecule has 1 N–H and O–H groups in total. The average Bonchev–Trinajstić information content (AvgIpc) is 3.63. The second-order valence-corrected chi connectivity index (χ2v) is 11.4. The van der Waals surface area contributed by atoms with Crippen LogP contribution in [0.5, 0.6) is 0 Å². The molecule has 0 aliphatic carbocycles. The number of hydrogen-bond donors (Lipinski definition) is 1. The number of benzene rings is 1. The first-order chi connectivity index (χ1) is 21.2. The largest absolute Gasteiger partial charge is 0.333 e. The van der Waals surface area contributed by atoms with Crippen LogP contribution < -0.4 is 10.9 Å². The highest BCUT2D eigenvalue weighted by Gasteiger charge is 2.25. The van der Waals surface area contributed by atoms with E-state index in [4.69, 9.17) is 23.2 Å². The Morgan fingerprint density at radius 3 is 2.68 bits per heavy atom. The quantitative estimate of drug-likeness (QED) is 0.250. The third kappa shape index (κ3) is 5.97. The number of anilines is 1. The summed E-state index contributed by atoms with van der Waals surface area (Å²) in [6.07, 6.45) is 7.55. The number of nitrogens with one attached hydrogen (secondary N) is 1. The van der Waals surface area contributed by atoms with Crippen molar-refractivity contribution < 1.29 is 13.6 Å². The molecule has 0 saturated carbocycles. The van der Waals surface area contributed by atoms with Gasteiger partial charge in [-0.3, -0.25) is 19.1 Å². The standard InChI is InChI=1S/C29H25Cl2F2N9O2/c1-16-3-2-4-18(21-9-17(7-8-34-21)27-23(37-28(16)44)12-36-42(27)29(32)33)13-40-15-35-22(11-26(40)43)20-10-19(30)5-6-24(20)41-14-25(31)38-39-41/h5-12,14-16,18,29H,2-4,13H2,1H3,(H,37,44)/t16-,18-/m1/s1. The van der Waals surface area contributed by atoms with Crippen LogP contribution in [0.15, 0.2) is 66.1 Å². The van der Waals surface area contributed by atoms with Crippen molar-refractivity contribution in [2.45, 2.75) is 45.2 Å². The number of carbonyl (C=O) groups excluding carboxylic acids is 1. The van der Waals surface area contributed by atoms with Gasteiger partial charge in [0.1, 0.15) is 0 Å². The predicted molar refractivity (Wildman–Crippen MR) is 160 cm³/mol. The fourth-order valence-electron chi connectivity index (χ4n) is 5.32. The summed E-state index contributed by atoms with van der Waals surface area (Å²) in [6, 6.07) is 9.80. The molecule has 11 nitrogen and oxygen atoms in total. The van der Waals surface area contributed by atoms with E-state index in [1.54, 1.807) is 37.3 Å². The summed E-state index contributed by atoms with van der Waals surface area (Å²) in [5, 5.41) is 15.0. The minimum absolute atomic E-state index is 0.0812. The van der Waals surface area contributed by atoms with Gasteiger partial charge in [-0.25, -0.2) is 14.3 Å². The van der Waals surface area contributed by atoms with Gasteiger partial charge in [0.2, 0.25) is 5.91 Å². The molecule has 1 aliphatic rings. The van der Waals surface area contributed by atoms with Gasteiger partial charge in [-0.1, -0.05) is 41.8 Å². The van der Waals surface area contributed by atoms with E-state index in [-0.39, 0.29) is 46.4 Å². The molecular formula is C29H25Cl2F2N9O2. The zero-order valence-electron chi connectivity index (χ0n) is 23.2. The normalized spacial score (nSPS) is 17.1. The molecule has 44 heavy (non-hydrogen) atoms. The van der Waals surface area contributed by atoms with E-state index < -0.39 is 6.55 Å². The summed E-state index contributed by atoms with van der Waals surface area (Å²) in [5.74, 6) is -0.934. The molecule has 2 atom stereocenters.